The van der Waals surface area contributed by atoms with E-state index in [4.69, 9.17) is 5.84 Å². The van der Waals surface area contributed by atoms with Crippen LogP contribution in [0.5, 0.6) is 0 Å². The molecule has 2 atom stereocenters. The van der Waals surface area contributed by atoms with Gasteiger partial charge in [-0.25, -0.2) is 0 Å². The molecule has 1 aromatic rings. The Morgan fingerprint density at radius 3 is 2.44 bits per heavy atom. The lowest BCUT2D eigenvalue weighted by Crippen LogP contribution is -2.30. The van der Waals surface area contributed by atoms with E-state index in [1.165, 1.54) is 12.1 Å². The number of nitrogens with one attached hydrogen (secondary N) is 1. The summed E-state index contributed by atoms with van der Waals surface area (Å²) in [5.74, 6) is 5.78. The lowest BCUT2D eigenvalue weighted by Gasteiger charge is -2.19. The Hall–Kier alpha value is -1.07. The highest BCUT2D eigenvalue weighted by atomic mass is 19.4. The van der Waals surface area contributed by atoms with E-state index in [1.807, 2.05) is 0 Å². The van der Waals surface area contributed by atoms with Crippen LogP contribution < -0.4 is 11.3 Å². The van der Waals surface area contributed by atoms with Gasteiger partial charge in [-0.3, -0.25) is 11.3 Å². The van der Waals surface area contributed by atoms with E-state index in [0.29, 0.717) is 5.56 Å². The first-order valence-corrected chi connectivity index (χ1v) is 5.89. The van der Waals surface area contributed by atoms with Gasteiger partial charge in [0, 0.05) is 6.04 Å². The van der Waals surface area contributed by atoms with Crippen molar-refractivity contribution >= 4 is 0 Å². The number of hydrazine groups is 1. The molecule has 0 aromatic heterocycles. The average molecular weight is 258 g/mol. The van der Waals surface area contributed by atoms with E-state index in [0.717, 1.165) is 12.5 Å². The Bertz CT molecular complexity index is 440. The summed E-state index contributed by atoms with van der Waals surface area (Å²) in [7, 11) is 0. The summed E-state index contributed by atoms with van der Waals surface area (Å²) in [5.41, 5.74) is 2.77. The normalized spacial score (nSPS) is 23.8. The Labute approximate surface area is 104 Å². The molecule has 18 heavy (non-hydrogen) atoms. The third-order valence-corrected chi connectivity index (χ3v) is 3.74. The fraction of sp³-hybridized carbons (Fsp3) is 0.538. The largest absolute Gasteiger partial charge is 0.416 e. The van der Waals surface area contributed by atoms with Crippen LogP contribution in [0.25, 0.3) is 0 Å². The maximum absolute atomic E-state index is 12.7. The van der Waals surface area contributed by atoms with Gasteiger partial charge in [0.15, 0.2) is 0 Å². The fourth-order valence-corrected chi connectivity index (χ4v) is 2.43. The summed E-state index contributed by atoms with van der Waals surface area (Å²) in [6.07, 6.45) is -3.34. The highest BCUT2D eigenvalue weighted by Gasteiger charge is 2.50. The van der Waals surface area contributed by atoms with Gasteiger partial charge in [-0.15, -0.1) is 0 Å². The lowest BCUT2D eigenvalue weighted by molar-refractivity contribution is -0.137. The lowest BCUT2D eigenvalue weighted by atomic mass is 9.96. The Morgan fingerprint density at radius 2 is 2.00 bits per heavy atom. The summed E-state index contributed by atoms with van der Waals surface area (Å²) >= 11 is 0. The van der Waals surface area contributed by atoms with Crippen LogP contribution in [0.1, 0.15) is 37.4 Å². The zero-order valence-electron chi connectivity index (χ0n) is 10.4. The van der Waals surface area contributed by atoms with E-state index in [1.54, 1.807) is 6.07 Å². The fourth-order valence-electron chi connectivity index (χ4n) is 2.43. The van der Waals surface area contributed by atoms with E-state index < -0.39 is 11.7 Å². The molecule has 5 heteroatoms. The van der Waals surface area contributed by atoms with E-state index in [2.05, 4.69) is 19.3 Å². The molecule has 1 saturated carbocycles. The van der Waals surface area contributed by atoms with Gasteiger partial charge in [0.25, 0.3) is 0 Å². The first-order chi connectivity index (χ1) is 8.25. The molecular weight excluding hydrogens is 241 g/mol. The van der Waals surface area contributed by atoms with Gasteiger partial charge in [-0.05, 0) is 35.4 Å². The van der Waals surface area contributed by atoms with Crippen molar-refractivity contribution in [2.75, 3.05) is 0 Å². The summed E-state index contributed by atoms with van der Waals surface area (Å²) in [4.78, 5) is 0. The zero-order chi connectivity index (χ0) is 13.6. The van der Waals surface area contributed by atoms with Crippen molar-refractivity contribution in [2.45, 2.75) is 32.5 Å². The number of rotatable bonds is 3. The van der Waals surface area contributed by atoms with E-state index in [9.17, 15) is 13.2 Å². The maximum atomic E-state index is 12.7. The third-order valence-electron chi connectivity index (χ3n) is 3.74. The highest BCUT2D eigenvalue weighted by molar-refractivity contribution is 5.30. The second-order valence-corrected chi connectivity index (χ2v) is 5.57. The molecule has 1 fully saturated rings. The van der Waals surface area contributed by atoms with Crippen molar-refractivity contribution in [3.05, 3.63) is 35.4 Å². The molecular formula is C13H17F3N2. The average Bonchev–Trinajstić information content (AvgIpc) is 2.88. The molecule has 0 spiro atoms. The van der Waals surface area contributed by atoms with Crippen LogP contribution >= 0.6 is 0 Å². The molecule has 2 nitrogen and oxygen atoms in total. The van der Waals surface area contributed by atoms with Gasteiger partial charge in [0.05, 0.1) is 5.56 Å². The Balaban J connectivity index is 2.27. The molecule has 2 rings (SSSR count). The summed E-state index contributed by atoms with van der Waals surface area (Å²) in [6.45, 7) is 4.19. The molecule has 0 amide bonds. The van der Waals surface area contributed by atoms with Crippen molar-refractivity contribution in [1.29, 1.82) is 0 Å². The van der Waals surface area contributed by atoms with Gasteiger partial charge in [0.2, 0.25) is 0 Å². The van der Waals surface area contributed by atoms with Crippen LogP contribution in [-0.4, -0.2) is 0 Å². The summed E-state index contributed by atoms with van der Waals surface area (Å²) in [6, 6.07) is 5.15. The molecule has 100 valence electrons. The first kappa shape index (κ1) is 13.4. The number of alkyl halides is 3. The zero-order valence-corrected chi connectivity index (χ0v) is 10.4. The van der Waals surface area contributed by atoms with Gasteiger partial charge >= 0.3 is 6.18 Å². The predicted molar refractivity (Wildman–Crippen MR) is 63.4 cm³/mol. The van der Waals surface area contributed by atoms with E-state index >= 15 is 0 Å². The van der Waals surface area contributed by atoms with Gasteiger partial charge in [-0.2, -0.15) is 13.2 Å². The number of nitrogens with two attached hydrogens (primary N) is 1. The van der Waals surface area contributed by atoms with Crippen LogP contribution in [-0.2, 0) is 6.18 Å². The molecule has 1 aromatic carbocycles. The Kier molecular flexibility index (Phi) is 3.15. The first-order valence-electron chi connectivity index (χ1n) is 5.89. The number of hydrogen-bond donors (Lipinski definition) is 2. The topological polar surface area (TPSA) is 38.0 Å². The molecule has 0 heterocycles. The second-order valence-electron chi connectivity index (χ2n) is 5.57. The molecule has 1 aliphatic rings. The minimum absolute atomic E-state index is 0.144. The highest BCUT2D eigenvalue weighted by Crippen LogP contribution is 2.57. The molecule has 0 bridgehead atoms. The molecule has 1 aliphatic carbocycles. The van der Waals surface area contributed by atoms with Crippen LogP contribution in [0, 0.1) is 11.3 Å². The smallest absolute Gasteiger partial charge is 0.271 e. The monoisotopic (exact) mass is 258 g/mol. The molecule has 0 radical (unpaired) electrons. The minimum atomic E-state index is -4.31. The number of halogens is 3. The second kappa shape index (κ2) is 4.24. The summed E-state index contributed by atoms with van der Waals surface area (Å²) < 4.78 is 38.0. The van der Waals surface area contributed by atoms with Crippen LogP contribution in [0.15, 0.2) is 24.3 Å². The number of hydrogen-bond acceptors (Lipinski definition) is 2. The van der Waals surface area contributed by atoms with Crippen LogP contribution in [0.4, 0.5) is 13.2 Å². The van der Waals surface area contributed by atoms with Crippen LogP contribution in [0.2, 0.25) is 0 Å². The predicted octanol–water partition coefficient (Wildman–Crippen LogP) is 3.26. The van der Waals surface area contributed by atoms with Crippen molar-refractivity contribution in [1.82, 2.24) is 5.43 Å². The summed E-state index contributed by atoms with van der Waals surface area (Å²) in [5, 5.41) is 0. The molecule has 3 N–H and O–H groups in total. The molecule has 2 unspecified atom stereocenters. The molecule has 0 aliphatic heterocycles. The number of benzene rings is 1. The minimum Gasteiger partial charge on any atom is -0.271 e. The molecule has 0 saturated heterocycles. The maximum Gasteiger partial charge on any atom is 0.416 e. The van der Waals surface area contributed by atoms with Gasteiger partial charge in [-0.1, -0.05) is 26.0 Å². The van der Waals surface area contributed by atoms with Gasteiger partial charge < -0.3 is 0 Å². The van der Waals surface area contributed by atoms with E-state index in [-0.39, 0.29) is 17.4 Å². The van der Waals surface area contributed by atoms with Crippen LogP contribution in [0.3, 0.4) is 0 Å². The SMILES string of the molecule is CC1(C)CC1C(NN)c1cccc(C(F)(F)F)c1. The van der Waals surface area contributed by atoms with Crippen molar-refractivity contribution in [3.8, 4) is 0 Å². The standard InChI is InChI=1S/C13H17F3N2/c1-12(2)7-10(12)11(18-17)8-4-3-5-9(6-8)13(14,15)16/h3-6,10-11,18H,7,17H2,1-2H3. The third kappa shape index (κ3) is 2.52. The quantitative estimate of drug-likeness (QED) is 0.645. The van der Waals surface area contributed by atoms with Crippen molar-refractivity contribution in [3.63, 3.8) is 0 Å². The van der Waals surface area contributed by atoms with Crippen molar-refractivity contribution < 1.29 is 13.2 Å². The van der Waals surface area contributed by atoms with Crippen molar-refractivity contribution in [2.24, 2.45) is 17.2 Å². The van der Waals surface area contributed by atoms with Gasteiger partial charge in [0.1, 0.15) is 0 Å². The Morgan fingerprint density at radius 1 is 1.39 bits per heavy atom.